The molecule has 76 valence electrons. The fourth-order valence-corrected chi connectivity index (χ4v) is 1.07. The van der Waals surface area contributed by atoms with Crippen LogP contribution in [0.3, 0.4) is 0 Å². The summed E-state index contributed by atoms with van der Waals surface area (Å²) in [4.78, 5) is 10.5. The Labute approximate surface area is 79.1 Å². The second-order valence-corrected chi connectivity index (χ2v) is 3.54. The normalized spacial score (nSPS) is 15.0. The lowest BCUT2D eigenvalue weighted by Crippen LogP contribution is -2.14. The second kappa shape index (κ2) is 5.75. The average molecular weight is 186 g/mol. The van der Waals surface area contributed by atoms with E-state index in [0.29, 0.717) is 12.8 Å². The summed E-state index contributed by atoms with van der Waals surface area (Å²) in [6.45, 7) is 7.33. The smallest absolute Gasteiger partial charge is 0.306 e. The van der Waals surface area contributed by atoms with E-state index in [1.54, 1.807) is 6.92 Å². The molecular formula is C10H18O3. The molecule has 13 heavy (non-hydrogen) atoms. The minimum Gasteiger partial charge on any atom is -0.481 e. The first-order chi connectivity index (χ1) is 5.99. The van der Waals surface area contributed by atoms with Gasteiger partial charge < -0.3 is 10.2 Å². The average Bonchev–Trinajstić information content (AvgIpc) is 2.04. The minimum absolute atomic E-state index is 0.0433. The van der Waals surface area contributed by atoms with Crippen LogP contribution in [0.4, 0.5) is 0 Å². The predicted molar refractivity (Wildman–Crippen MR) is 51.4 cm³/mol. The van der Waals surface area contributed by atoms with Crippen LogP contribution in [0.15, 0.2) is 12.2 Å². The van der Waals surface area contributed by atoms with E-state index in [4.69, 9.17) is 10.2 Å². The Morgan fingerprint density at radius 1 is 1.46 bits per heavy atom. The number of aliphatic hydroxyl groups excluding tert-OH is 1. The van der Waals surface area contributed by atoms with Crippen molar-refractivity contribution in [3.8, 4) is 0 Å². The molecule has 0 radical (unpaired) electrons. The van der Waals surface area contributed by atoms with Gasteiger partial charge in [-0.1, -0.05) is 19.1 Å². The van der Waals surface area contributed by atoms with Crippen molar-refractivity contribution in [2.75, 3.05) is 6.61 Å². The van der Waals surface area contributed by atoms with Crippen LogP contribution in [0.25, 0.3) is 0 Å². The van der Waals surface area contributed by atoms with E-state index < -0.39 is 5.97 Å². The molecule has 0 aliphatic heterocycles. The van der Waals surface area contributed by atoms with Crippen molar-refractivity contribution in [3.05, 3.63) is 12.2 Å². The fraction of sp³-hybridized carbons (Fsp3) is 0.700. The molecule has 0 bridgehead atoms. The summed E-state index contributed by atoms with van der Waals surface area (Å²) in [5.41, 5.74) is 0.917. The quantitative estimate of drug-likeness (QED) is 0.620. The lowest BCUT2D eigenvalue weighted by atomic mass is 9.93. The molecule has 2 N–H and O–H groups in total. The zero-order valence-corrected chi connectivity index (χ0v) is 8.29. The van der Waals surface area contributed by atoms with Crippen LogP contribution in [0, 0.1) is 11.8 Å². The molecule has 3 heteroatoms. The summed E-state index contributed by atoms with van der Waals surface area (Å²) in [5, 5.41) is 17.6. The van der Waals surface area contributed by atoms with E-state index in [0.717, 1.165) is 5.57 Å². The largest absolute Gasteiger partial charge is 0.481 e. The van der Waals surface area contributed by atoms with E-state index in [1.165, 1.54) is 0 Å². The highest BCUT2D eigenvalue weighted by atomic mass is 16.4. The third-order valence-electron chi connectivity index (χ3n) is 2.29. The first-order valence-corrected chi connectivity index (χ1v) is 4.48. The maximum atomic E-state index is 10.5. The Morgan fingerprint density at radius 2 is 2.00 bits per heavy atom. The van der Waals surface area contributed by atoms with Gasteiger partial charge in [-0.3, -0.25) is 4.79 Å². The topological polar surface area (TPSA) is 57.5 Å². The molecule has 0 heterocycles. The Morgan fingerprint density at radius 3 is 2.31 bits per heavy atom. The van der Waals surface area contributed by atoms with E-state index in [-0.39, 0.29) is 18.4 Å². The first kappa shape index (κ1) is 12.2. The third-order valence-corrected chi connectivity index (χ3v) is 2.29. The summed E-state index contributed by atoms with van der Waals surface area (Å²) in [6.07, 6.45) is 1.28. The Hall–Kier alpha value is -0.830. The standard InChI is InChI=1S/C10H18O3/c1-7(2)9(6-11)5-4-8(3)10(12)13/h8-9,11H,1,4-6H2,2-3H3,(H,12,13). The molecule has 2 unspecified atom stereocenters. The van der Waals surface area contributed by atoms with Gasteiger partial charge in [-0.2, -0.15) is 0 Å². The van der Waals surface area contributed by atoms with Crippen LogP contribution in [-0.2, 0) is 4.79 Å². The highest BCUT2D eigenvalue weighted by Crippen LogP contribution is 2.18. The summed E-state index contributed by atoms with van der Waals surface area (Å²) < 4.78 is 0. The minimum atomic E-state index is -0.779. The highest BCUT2D eigenvalue weighted by Gasteiger charge is 2.14. The summed E-state index contributed by atoms with van der Waals surface area (Å²) in [5.74, 6) is -1.08. The number of hydrogen-bond donors (Lipinski definition) is 2. The van der Waals surface area contributed by atoms with E-state index >= 15 is 0 Å². The number of aliphatic hydroxyl groups is 1. The van der Waals surface area contributed by atoms with E-state index in [2.05, 4.69) is 6.58 Å². The van der Waals surface area contributed by atoms with Gasteiger partial charge in [0, 0.05) is 12.5 Å². The van der Waals surface area contributed by atoms with Crippen molar-refractivity contribution in [2.45, 2.75) is 26.7 Å². The van der Waals surface area contributed by atoms with Crippen molar-refractivity contribution in [1.29, 1.82) is 0 Å². The van der Waals surface area contributed by atoms with Crippen molar-refractivity contribution < 1.29 is 15.0 Å². The number of hydrogen-bond acceptors (Lipinski definition) is 2. The molecule has 0 aliphatic rings. The van der Waals surface area contributed by atoms with E-state index in [1.807, 2.05) is 6.92 Å². The molecule has 0 amide bonds. The molecule has 0 spiro atoms. The molecule has 0 fully saturated rings. The van der Waals surface area contributed by atoms with Crippen LogP contribution in [-0.4, -0.2) is 22.8 Å². The van der Waals surface area contributed by atoms with Crippen LogP contribution in [0.5, 0.6) is 0 Å². The highest BCUT2D eigenvalue weighted by molar-refractivity contribution is 5.69. The molecule has 0 rings (SSSR count). The molecule has 0 saturated carbocycles. The van der Waals surface area contributed by atoms with Crippen molar-refractivity contribution >= 4 is 5.97 Å². The molecule has 0 aliphatic carbocycles. The maximum absolute atomic E-state index is 10.5. The molecule has 0 saturated heterocycles. The van der Waals surface area contributed by atoms with Crippen molar-refractivity contribution in [1.82, 2.24) is 0 Å². The van der Waals surface area contributed by atoms with Gasteiger partial charge in [0.2, 0.25) is 0 Å². The maximum Gasteiger partial charge on any atom is 0.306 e. The van der Waals surface area contributed by atoms with Crippen LogP contribution in [0.2, 0.25) is 0 Å². The van der Waals surface area contributed by atoms with Crippen molar-refractivity contribution in [2.24, 2.45) is 11.8 Å². The number of rotatable bonds is 6. The monoisotopic (exact) mass is 186 g/mol. The summed E-state index contributed by atoms with van der Waals surface area (Å²) in [7, 11) is 0. The molecule has 0 aromatic rings. The van der Waals surface area contributed by atoms with Gasteiger partial charge >= 0.3 is 5.97 Å². The molecule has 3 nitrogen and oxygen atoms in total. The van der Waals surface area contributed by atoms with Crippen LogP contribution in [0.1, 0.15) is 26.7 Å². The number of carboxylic acids is 1. The Bertz CT molecular complexity index is 187. The lowest BCUT2D eigenvalue weighted by Gasteiger charge is -2.14. The fourth-order valence-electron chi connectivity index (χ4n) is 1.07. The molecular weight excluding hydrogens is 168 g/mol. The van der Waals surface area contributed by atoms with Gasteiger partial charge in [0.15, 0.2) is 0 Å². The Balaban J connectivity index is 3.85. The Kier molecular flexibility index (Phi) is 5.39. The zero-order valence-electron chi connectivity index (χ0n) is 8.29. The molecule has 0 aromatic heterocycles. The van der Waals surface area contributed by atoms with Gasteiger partial charge in [0.25, 0.3) is 0 Å². The first-order valence-electron chi connectivity index (χ1n) is 4.48. The molecule has 2 atom stereocenters. The van der Waals surface area contributed by atoms with Crippen LogP contribution >= 0.6 is 0 Å². The summed E-state index contributed by atoms with van der Waals surface area (Å²) in [6, 6.07) is 0. The SMILES string of the molecule is C=C(C)C(CO)CCC(C)C(=O)O. The second-order valence-electron chi connectivity index (χ2n) is 3.54. The lowest BCUT2D eigenvalue weighted by molar-refractivity contribution is -0.141. The third kappa shape index (κ3) is 4.68. The summed E-state index contributed by atoms with van der Waals surface area (Å²) >= 11 is 0. The van der Waals surface area contributed by atoms with Crippen molar-refractivity contribution in [3.63, 3.8) is 0 Å². The van der Waals surface area contributed by atoms with Gasteiger partial charge in [0.1, 0.15) is 0 Å². The van der Waals surface area contributed by atoms with Gasteiger partial charge in [0.05, 0.1) is 5.92 Å². The van der Waals surface area contributed by atoms with E-state index in [9.17, 15) is 4.79 Å². The number of carbonyl (C=O) groups is 1. The van der Waals surface area contributed by atoms with Gasteiger partial charge in [-0.25, -0.2) is 0 Å². The van der Waals surface area contributed by atoms with Gasteiger partial charge in [-0.05, 0) is 19.8 Å². The number of aliphatic carboxylic acids is 1. The zero-order chi connectivity index (χ0) is 10.4. The molecule has 0 aromatic carbocycles. The number of carboxylic acid groups (broad SMARTS) is 1. The van der Waals surface area contributed by atoms with Crippen LogP contribution < -0.4 is 0 Å². The van der Waals surface area contributed by atoms with Gasteiger partial charge in [-0.15, -0.1) is 0 Å². The predicted octanol–water partition coefficient (Wildman–Crippen LogP) is 1.67.